The van der Waals surface area contributed by atoms with E-state index < -0.39 is 6.17 Å². The van der Waals surface area contributed by atoms with Gasteiger partial charge in [-0.1, -0.05) is 23.4 Å². The van der Waals surface area contributed by atoms with Crippen LogP contribution in [0.1, 0.15) is 11.7 Å². The zero-order valence-corrected chi connectivity index (χ0v) is 6.16. The van der Waals surface area contributed by atoms with E-state index in [1.165, 1.54) is 6.07 Å². The predicted molar refractivity (Wildman–Crippen MR) is 40.3 cm³/mol. The molecule has 1 unspecified atom stereocenters. The molecule has 2 rings (SSSR count). The van der Waals surface area contributed by atoms with Crippen molar-refractivity contribution in [3.63, 3.8) is 0 Å². The van der Waals surface area contributed by atoms with Crippen LogP contribution in [0.15, 0.2) is 34.6 Å². The summed E-state index contributed by atoms with van der Waals surface area (Å²) in [6.45, 7) is 0. The molecule has 62 valence electrons. The number of halogens is 1. The summed E-state index contributed by atoms with van der Waals surface area (Å²) >= 11 is 0. The second-order valence-corrected chi connectivity index (χ2v) is 2.40. The predicted octanol–water partition coefficient (Wildman–Crippen LogP) is 1.30. The van der Waals surface area contributed by atoms with Crippen LogP contribution in [0.25, 0.3) is 0 Å². The van der Waals surface area contributed by atoms with Crippen LogP contribution in [-0.2, 0) is 0 Å². The minimum atomic E-state index is -0.411. The van der Waals surface area contributed by atoms with Gasteiger partial charge in [-0.05, 0) is 6.07 Å². The lowest BCUT2D eigenvalue weighted by Gasteiger charge is -2.05. The van der Waals surface area contributed by atoms with Gasteiger partial charge in [0.05, 0.1) is 0 Å². The molecule has 0 bridgehead atoms. The summed E-state index contributed by atoms with van der Waals surface area (Å²) in [6, 6.07) is 6.45. The van der Waals surface area contributed by atoms with Gasteiger partial charge in [-0.3, -0.25) is 0 Å². The van der Waals surface area contributed by atoms with Crippen molar-refractivity contribution in [2.75, 3.05) is 0 Å². The average molecular weight is 166 g/mol. The third-order valence-corrected chi connectivity index (χ3v) is 1.62. The maximum Gasteiger partial charge on any atom is 0.169 e. The van der Waals surface area contributed by atoms with Gasteiger partial charge in [0.25, 0.3) is 0 Å². The van der Waals surface area contributed by atoms with E-state index in [0.717, 1.165) is 0 Å². The molecule has 5 heteroatoms. The van der Waals surface area contributed by atoms with E-state index in [9.17, 15) is 4.39 Å². The zero-order chi connectivity index (χ0) is 8.39. The Morgan fingerprint density at radius 1 is 1.33 bits per heavy atom. The molecule has 1 aliphatic heterocycles. The Kier molecular flexibility index (Phi) is 1.71. The smallest absolute Gasteiger partial charge is 0.169 e. The fourth-order valence-corrected chi connectivity index (χ4v) is 1.04. The van der Waals surface area contributed by atoms with Crippen molar-refractivity contribution in [3.8, 4) is 0 Å². The lowest BCUT2D eigenvalue weighted by atomic mass is 10.2. The molecule has 0 amide bonds. The quantitative estimate of drug-likeness (QED) is 0.660. The first-order valence-electron chi connectivity index (χ1n) is 3.53. The number of rotatable bonds is 1. The summed E-state index contributed by atoms with van der Waals surface area (Å²) in [7, 11) is 0. The maximum absolute atomic E-state index is 13.1. The number of hydrogen-bond donors (Lipinski definition) is 2. The zero-order valence-electron chi connectivity index (χ0n) is 6.16. The van der Waals surface area contributed by atoms with Gasteiger partial charge in [-0.15, -0.1) is 5.11 Å². The van der Waals surface area contributed by atoms with E-state index in [1.807, 2.05) is 0 Å². The number of nitrogens with zero attached hydrogens (tertiary/aromatic N) is 2. The molecule has 0 fully saturated rings. The number of hydrogen-bond acceptors (Lipinski definition) is 4. The fraction of sp³-hybridized carbons (Fsp3) is 0.143. The summed E-state index contributed by atoms with van der Waals surface area (Å²) in [5.41, 5.74) is 5.62. The highest BCUT2D eigenvalue weighted by molar-refractivity contribution is 5.20. The molecule has 2 N–H and O–H groups in total. The molecule has 4 nitrogen and oxygen atoms in total. The molecule has 1 heterocycles. The monoisotopic (exact) mass is 166 g/mol. The highest BCUT2D eigenvalue weighted by Crippen LogP contribution is 2.19. The first-order chi connectivity index (χ1) is 5.88. The second-order valence-electron chi connectivity index (χ2n) is 2.40. The molecule has 1 aromatic carbocycles. The van der Waals surface area contributed by atoms with Gasteiger partial charge < -0.3 is 0 Å². The normalized spacial score (nSPS) is 20.9. The van der Waals surface area contributed by atoms with E-state index in [2.05, 4.69) is 21.3 Å². The summed E-state index contributed by atoms with van der Waals surface area (Å²) < 4.78 is 13.1. The van der Waals surface area contributed by atoms with Crippen molar-refractivity contribution in [1.82, 2.24) is 11.0 Å². The Morgan fingerprint density at radius 2 is 2.17 bits per heavy atom. The van der Waals surface area contributed by atoms with Crippen molar-refractivity contribution in [2.24, 2.45) is 10.3 Å². The fourth-order valence-electron chi connectivity index (χ4n) is 1.04. The van der Waals surface area contributed by atoms with Gasteiger partial charge in [0.15, 0.2) is 6.17 Å². The first kappa shape index (κ1) is 7.17. The molecule has 1 aliphatic rings. The van der Waals surface area contributed by atoms with Gasteiger partial charge in [0, 0.05) is 5.56 Å². The van der Waals surface area contributed by atoms with Gasteiger partial charge in [-0.25, -0.2) is 9.93 Å². The van der Waals surface area contributed by atoms with Gasteiger partial charge in [0.2, 0.25) is 0 Å². The molecule has 0 spiro atoms. The second kappa shape index (κ2) is 2.86. The molecule has 0 aliphatic carbocycles. The Labute approximate surface area is 68.4 Å². The van der Waals surface area contributed by atoms with Crippen molar-refractivity contribution in [1.29, 1.82) is 0 Å². The SMILES string of the molecule is Fc1ccccc1C1N=NNN1. The van der Waals surface area contributed by atoms with E-state index in [-0.39, 0.29) is 5.82 Å². The van der Waals surface area contributed by atoms with Crippen molar-refractivity contribution in [3.05, 3.63) is 35.6 Å². The molecule has 0 radical (unpaired) electrons. The lowest BCUT2D eigenvalue weighted by Crippen LogP contribution is -2.24. The Hall–Kier alpha value is -1.49. The number of benzene rings is 1. The van der Waals surface area contributed by atoms with Crippen LogP contribution >= 0.6 is 0 Å². The van der Waals surface area contributed by atoms with Crippen LogP contribution < -0.4 is 11.0 Å². The van der Waals surface area contributed by atoms with E-state index in [0.29, 0.717) is 5.56 Å². The van der Waals surface area contributed by atoms with Gasteiger partial charge >= 0.3 is 0 Å². The van der Waals surface area contributed by atoms with Gasteiger partial charge in [0.1, 0.15) is 5.82 Å². The summed E-state index contributed by atoms with van der Waals surface area (Å²) in [4.78, 5) is 0. The highest BCUT2D eigenvalue weighted by Gasteiger charge is 2.16. The summed E-state index contributed by atoms with van der Waals surface area (Å²) in [5, 5.41) is 7.21. The Bertz CT molecular complexity index is 312. The molecule has 12 heavy (non-hydrogen) atoms. The van der Waals surface area contributed by atoms with Gasteiger partial charge in [-0.2, -0.15) is 5.43 Å². The van der Waals surface area contributed by atoms with E-state index >= 15 is 0 Å². The number of nitrogens with one attached hydrogen (secondary N) is 2. The van der Waals surface area contributed by atoms with Crippen LogP contribution in [0.5, 0.6) is 0 Å². The highest BCUT2D eigenvalue weighted by atomic mass is 19.1. The third kappa shape index (κ3) is 1.14. The van der Waals surface area contributed by atoms with Crippen molar-refractivity contribution < 1.29 is 4.39 Å². The van der Waals surface area contributed by atoms with Crippen molar-refractivity contribution >= 4 is 0 Å². The van der Waals surface area contributed by atoms with Crippen LogP contribution in [0.4, 0.5) is 4.39 Å². The van der Waals surface area contributed by atoms with E-state index in [1.54, 1.807) is 18.2 Å². The molecule has 0 saturated heterocycles. The van der Waals surface area contributed by atoms with E-state index in [4.69, 9.17) is 0 Å². The lowest BCUT2D eigenvalue weighted by molar-refractivity contribution is 0.517. The topological polar surface area (TPSA) is 48.8 Å². The van der Waals surface area contributed by atoms with Crippen LogP contribution in [0.2, 0.25) is 0 Å². The standard InChI is InChI=1S/C7H7FN4/c8-6-4-2-1-3-5(6)7-9-11-12-10-7/h1-4,7H,(H,9,12)(H,10,11). The molecule has 0 saturated carbocycles. The Morgan fingerprint density at radius 3 is 2.83 bits per heavy atom. The molecular formula is C7H7FN4. The Balaban J connectivity index is 2.33. The minimum absolute atomic E-state index is 0.280. The van der Waals surface area contributed by atoms with Crippen LogP contribution in [0.3, 0.4) is 0 Å². The third-order valence-electron chi connectivity index (χ3n) is 1.62. The van der Waals surface area contributed by atoms with Crippen LogP contribution in [0, 0.1) is 5.82 Å². The van der Waals surface area contributed by atoms with Crippen molar-refractivity contribution in [2.45, 2.75) is 6.17 Å². The maximum atomic E-state index is 13.1. The summed E-state index contributed by atoms with van der Waals surface area (Å²) in [6.07, 6.45) is -0.411. The largest absolute Gasteiger partial charge is 0.222 e. The minimum Gasteiger partial charge on any atom is -0.222 e. The van der Waals surface area contributed by atoms with Crippen LogP contribution in [-0.4, -0.2) is 0 Å². The average Bonchev–Trinajstić information content (AvgIpc) is 2.57. The number of hydrazine groups is 1. The first-order valence-corrected chi connectivity index (χ1v) is 3.53. The summed E-state index contributed by atoms with van der Waals surface area (Å²) in [5.74, 6) is -0.280. The molecule has 1 aromatic rings. The molecular weight excluding hydrogens is 159 g/mol. The molecule has 0 aromatic heterocycles. The molecule has 1 atom stereocenters.